The van der Waals surface area contributed by atoms with Gasteiger partial charge in [0.25, 0.3) is 0 Å². The third-order valence-electron chi connectivity index (χ3n) is 13.2. The predicted octanol–water partition coefficient (Wildman–Crippen LogP) is 17.9. The fourth-order valence-electron chi connectivity index (χ4n) is 8.93. The average molecular weight is 958 g/mol. The van der Waals surface area contributed by atoms with E-state index in [0.29, 0.717) is 6.42 Å². The van der Waals surface area contributed by atoms with Crippen LogP contribution in [0.25, 0.3) is 0 Å². The number of phosphoric ester groups is 1. The van der Waals surface area contributed by atoms with Gasteiger partial charge in [0.1, 0.15) is 6.61 Å². The SMILES string of the molecule is CCCCCCCCCCCCCCCCCCCCCCCCCCCCCCCCCC(=O)OC(COC(=O)CCCCCCCCCCCCCCCC)COP(=O)(O)OCCN. The van der Waals surface area contributed by atoms with E-state index in [0.717, 1.165) is 32.1 Å². The molecule has 0 rings (SSSR count). The highest BCUT2D eigenvalue weighted by molar-refractivity contribution is 7.47. The quantitative estimate of drug-likeness (QED) is 0.0347. The highest BCUT2D eigenvalue weighted by Gasteiger charge is 2.26. The van der Waals surface area contributed by atoms with Gasteiger partial charge in [-0.05, 0) is 12.8 Å². The van der Waals surface area contributed by atoms with Crippen LogP contribution in [0.15, 0.2) is 0 Å². The topological polar surface area (TPSA) is 134 Å². The molecule has 394 valence electrons. The van der Waals surface area contributed by atoms with Crippen molar-refractivity contribution in [2.24, 2.45) is 5.73 Å². The van der Waals surface area contributed by atoms with Crippen LogP contribution in [0.5, 0.6) is 0 Å². The van der Waals surface area contributed by atoms with Crippen molar-refractivity contribution in [2.75, 3.05) is 26.4 Å². The van der Waals surface area contributed by atoms with E-state index in [-0.39, 0.29) is 38.6 Å². The summed E-state index contributed by atoms with van der Waals surface area (Å²) in [6, 6.07) is 0. The number of nitrogens with two attached hydrogens (primary N) is 1. The van der Waals surface area contributed by atoms with Gasteiger partial charge in [-0.2, -0.15) is 0 Å². The Morgan fingerprint density at radius 3 is 0.924 bits per heavy atom. The van der Waals surface area contributed by atoms with Crippen LogP contribution in [-0.4, -0.2) is 49.3 Å². The van der Waals surface area contributed by atoms with Gasteiger partial charge in [0, 0.05) is 19.4 Å². The van der Waals surface area contributed by atoms with Gasteiger partial charge in [0.2, 0.25) is 0 Å². The molecule has 0 aromatic rings. The zero-order valence-electron chi connectivity index (χ0n) is 44.0. The second-order valence-corrected chi connectivity index (χ2v) is 21.3. The Hall–Kier alpha value is -0.990. The minimum Gasteiger partial charge on any atom is -0.462 e. The van der Waals surface area contributed by atoms with Crippen molar-refractivity contribution >= 4 is 19.8 Å². The number of unbranched alkanes of at least 4 members (excludes halogenated alkanes) is 43. The van der Waals surface area contributed by atoms with Crippen molar-refractivity contribution < 1.29 is 37.6 Å². The van der Waals surface area contributed by atoms with Gasteiger partial charge in [-0.3, -0.25) is 18.6 Å². The molecule has 0 aliphatic rings. The van der Waals surface area contributed by atoms with Crippen molar-refractivity contribution in [1.82, 2.24) is 0 Å². The maximum absolute atomic E-state index is 12.7. The van der Waals surface area contributed by atoms with Gasteiger partial charge >= 0.3 is 19.8 Å². The number of hydrogen-bond acceptors (Lipinski definition) is 8. The minimum absolute atomic E-state index is 0.0584. The number of hydrogen-bond donors (Lipinski definition) is 2. The van der Waals surface area contributed by atoms with E-state index in [1.165, 1.54) is 250 Å². The molecule has 0 aliphatic carbocycles. The highest BCUT2D eigenvalue weighted by atomic mass is 31.2. The maximum atomic E-state index is 12.7. The van der Waals surface area contributed by atoms with E-state index in [9.17, 15) is 19.0 Å². The summed E-state index contributed by atoms with van der Waals surface area (Å²) < 4.78 is 33.0. The number of esters is 2. The Morgan fingerprint density at radius 1 is 0.394 bits per heavy atom. The van der Waals surface area contributed by atoms with Crippen LogP contribution in [0.1, 0.15) is 316 Å². The number of carbonyl (C=O) groups is 2. The predicted molar refractivity (Wildman–Crippen MR) is 280 cm³/mol. The van der Waals surface area contributed by atoms with E-state index >= 15 is 0 Å². The van der Waals surface area contributed by atoms with Crippen LogP contribution >= 0.6 is 7.82 Å². The molecule has 0 aliphatic heterocycles. The maximum Gasteiger partial charge on any atom is 0.472 e. The van der Waals surface area contributed by atoms with Crippen molar-refractivity contribution in [1.29, 1.82) is 0 Å². The normalized spacial score (nSPS) is 13.0. The molecule has 9 nitrogen and oxygen atoms in total. The Bertz CT molecular complexity index is 1050. The van der Waals surface area contributed by atoms with Crippen molar-refractivity contribution in [3.8, 4) is 0 Å². The second kappa shape index (κ2) is 53.4. The molecular weight excluding hydrogens is 846 g/mol. The van der Waals surface area contributed by atoms with Gasteiger partial charge in [-0.15, -0.1) is 0 Å². The van der Waals surface area contributed by atoms with E-state index < -0.39 is 26.5 Å². The average Bonchev–Trinajstić information content (AvgIpc) is 3.31. The first-order valence-electron chi connectivity index (χ1n) is 29.0. The Balaban J connectivity index is 3.81. The lowest BCUT2D eigenvalue weighted by Gasteiger charge is -2.19. The minimum atomic E-state index is -4.38. The van der Waals surface area contributed by atoms with E-state index in [2.05, 4.69) is 13.8 Å². The lowest BCUT2D eigenvalue weighted by molar-refractivity contribution is -0.161. The summed E-state index contributed by atoms with van der Waals surface area (Å²) in [5.74, 6) is -0.805. The van der Waals surface area contributed by atoms with Gasteiger partial charge in [-0.1, -0.05) is 290 Å². The molecule has 0 heterocycles. The van der Waals surface area contributed by atoms with Gasteiger partial charge in [-0.25, -0.2) is 4.57 Å². The van der Waals surface area contributed by atoms with Gasteiger partial charge < -0.3 is 20.1 Å². The summed E-state index contributed by atoms with van der Waals surface area (Å²) in [4.78, 5) is 35.1. The lowest BCUT2D eigenvalue weighted by atomic mass is 10.0. The first-order valence-corrected chi connectivity index (χ1v) is 30.5. The van der Waals surface area contributed by atoms with Crippen molar-refractivity contribution in [2.45, 2.75) is 322 Å². The fraction of sp³-hybridized carbons (Fsp3) is 0.964. The van der Waals surface area contributed by atoms with Crippen LogP contribution in [0, 0.1) is 0 Å². The Labute approximate surface area is 409 Å². The van der Waals surface area contributed by atoms with Crippen LogP contribution in [-0.2, 0) is 32.7 Å². The molecule has 0 aromatic heterocycles. The molecule has 2 unspecified atom stereocenters. The third-order valence-corrected chi connectivity index (χ3v) is 14.2. The fourth-order valence-corrected chi connectivity index (χ4v) is 9.70. The Kier molecular flexibility index (Phi) is 52.6. The first kappa shape index (κ1) is 65.0. The number of phosphoric acid groups is 1. The van der Waals surface area contributed by atoms with E-state index in [4.69, 9.17) is 24.3 Å². The van der Waals surface area contributed by atoms with E-state index in [1.807, 2.05) is 0 Å². The molecule has 0 saturated heterocycles. The monoisotopic (exact) mass is 958 g/mol. The number of rotatable bonds is 56. The molecular formula is C56H112NO8P. The molecule has 0 spiro atoms. The van der Waals surface area contributed by atoms with Crippen LogP contribution < -0.4 is 5.73 Å². The summed E-state index contributed by atoms with van der Waals surface area (Å²) in [6.45, 7) is 3.81. The van der Waals surface area contributed by atoms with E-state index in [1.54, 1.807) is 0 Å². The van der Waals surface area contributed by atoms with Crippen molar-refractivity contribution in [3.63, 3.8) is 0 Å². The molecule has 10 heteroatoms. The second-order valence-electron chi connectivity index (χ2n) is 19.9. The molecule has 0 fully saturated rings. The van der Waals surface area contributed by atoms with Crippen molar-refractivity contribution in [3.05, 3.63) is 0 Å². The molecule has 0 radical (unpaired) electrons. The largest absolute Gasteiger partial charge is 0.472 e. The summed E-state index contributed by atoms with van der Waals surface area (Å²) in [7, 11) is -4.38. The smallest absolute Gasteiger partial charge is 0.462 e. The summed E-state index contributed by atoms with van der Waals surface area (Å²) in [5.41, 5.74) is 5.37. The lowest BCUT2D eigenvalue weighted by Crippen LogP contribution is -2.29. The highest BCUT2D eigenvalue weighted by Crippen LogP contribution is 2.43. The number of ether oxygens (including phenoxy) is 2. The standard InChI is InChI=1S/C56H112NO8P/c1-3-5-7-9-11-13-15-17-19-20-21-22-23-24-25-26-27-28-29-30-31-32-33-34-35-37-39-41-43-45-47-49-56(59)65-54(53-64-66(60,61)63-51-50-57)52-62-55(58)48-46-44-42-40-38-36-18-16-14-12-10-8-6-4-2/h54H,3-53,57H2,1-2H3,(H,60,61). The van der Waals surface area contributed by atoms with Gasteiger partial charge in [0.05, 0.1) is 13.2 Å². The number of carbonyl (C=O) groups excluding carboxylic acids is 2. The van der Waals surface area contributed by atoms with Crippen LogP contribution in [0.4, 0.5) is 0 Å². The zero-order valence-corrected chi connectivity index (χ0v) is 44.9. The summed E-state index contributed by atoms with van der Waals surface area (Å²) in [5, 5.41) is 0. The van der Waals surface area contributed by atoms with Gasteiger partial charge in [0.15, 0.2) is 6.10 Å². The molecule has 0 amide bonds. The Morgan fingerprint density at radius 2 is 0.652 bits per heavy atom. The summed E-state index contributed by atoms with van der Waals surface area (Å²) >= 11 is 0. The van der Waals surface area contributed by atoms with Crippen LogP contribution in [0.2, 0.25) is 0 Å². The molecule has 0 bridgehead atoms. The molecule has 3 N–H and O–H groups in total. The zero-order chi connectivity index (χ0) is 48.1. The molecule has 0 saturated carbocycles. The summed E-state index contributed by atoms with van der Waals surface area (Å²) in [6.07, 6.45) is 58.9. The third kappa shape index (κ3) is 52.4. The first-order chi connectivity index (χ1) is 32.3. The molecule has 2 atom stereocenters. The van der Waals surface area contributed by atoms with Crippen LogP contribution in [0.3, 0.4) is 0 Å². The molecule has 0 aromatic carbocycles. The molecule has 66 heavy (non-hydrogen) atoms.